The van der Waals surface area contributed by atoms with Crippen LogP contribution >= 0.6 is 11.8 Å². The minimum absolute atomic E-state index is 0.155. The molecule has 0 fully saturated rings. The van der Waals surface area contributed by atoms with Crippen molar-refractivity contribution in [1.29, 1.82) is 0 Å². The number of ether oxygens (including phenoxy) is 1. The predicted octanol–water partition coefficient (Wildman–Crippen LogP) is 0.742. The summed E-state index contributed by atoms with van der Waals surface area (Å²) in [6.45, 7) is 0. The highest BCUT2D eigenvalue weighted by Crippen LogP contribution is 2.13. The second-order valence-corrected chi connectivity index (χ2v) is 6.47. The van der Waals surface area contributed by atoms with Crippen molar-refractivity contribution in [2.24, 2.45) is 14.1 Å². The number of carbonyl (C=O) groups is 2. The Morgan fingerprint density at radius 1 is 1.12 bits per heavy atom. The van der Waals surface area contributed by atoms with Crippen LogP contribution in [0.1, 0.15) is 16.1 Å². The van der Waals surface area contributed by atoms with Gasteiger partial charge in [0.05, 0.1) is 18.4 Å². The van der Waals surface area contributed by atoms with Gasteiger partial charge in [0.1, 0.15) is 0 Å². The van der Waals surface area contributed by atoms with Crippen LogP contribution in [-0.4, -0.2) is 33.9 Å². The first-order valence-corrected chi connectivity index (χ1v) is 8.81. The Morgan fingerprint density at radius 3 is 2.38 bits per heavy atom. The molecule has 2 aromatic rings. The van der Waals surface area contributed by atoms with Crippen LogP contribution in [0.25, 0.3) is 0 Å². The second-order valence-electron chi connectivity index (χ2n) is 5.48. The van der Waals surface area contributed by atoms with Crippen LogP contribution in [0.15, 0.2) is 39.9 Å². The number of hydrogen-bond donors (Lipinski definition) is 1. The van der Waals surface area contributed by atoms with Gasteiger partial charge in [-0.1, -0.05) is 0 Å². The Morgan fingerprint density at radius 2 is 1.77 bits per heavy atom. The van der Waals surface area contributed by atoms with Gasteiger partial charge >= 0.3 is 11.7 Å². The molecule has 0 saturated carbocycles. The van der Waals surface area contributed by atoms with Crippen LogP contribution in [-0.2, 0) is 29.4 Å². The van der Waals surface area contributed by atoms with Crippen LogP contribution in [0.3, 0.4) is 0 Å². The van der Waals surface area contributed by atoms with E-state index >= 15 is 0 Å². The number of anilines is 1. The smallest absolute Gasteiger partial charge is 0.337 e. The maximum absolute atomic E-state index is 12.0. The minimum Gasteiger partial charge on any atom is -0.465 e. The van der Waals surface area contributed by atoms with E-state index in [-0.39, 0.29) is 17.2 Å². The lowest BCUT2D eigenvalue weighted by Crippen LogP contribution is -2.37. The number of rotatable bonds is 6. The summed E-state index contributed by atoms with van der Waals surface area (Å²) in [5.41, 5.74) is 0.733. The van der Waals surface area contributed by atoms with E-state index < -0.39 is 11.7 Å². The van der Waals surface area contributed by atoms with Crippen molar-refractivity contribution >= 4 is 29.3 Å². The van der Waals surface area contributed by atoms with Crippen molar-refractivity contribution in [3.8, 4) is 0 Å². The van der Waals surface area contributed by atoms with Gasteiger partial charge < -0.3 is 10.1 Å². The van der Waals surface area contributed by atoms with Gasteiger partial charge in [0, 0.05) is 37.3 Å². The first-order chi connectivity index (χ1) is 12.3. The molecule has 0 spiro atoms. The number of benzene rings is 1. The van der Waals surface area contributed by atoms with Gasteiger partial charge in [0.2, 0.25) is 5.91 Å². The molecule has 0 aliphatic rings. The molecule has 0 radical (unpaired) electrons. The van der Waals surface area contributed by atoms with Crippen molar-refractivity contribution < 1.29 is 14.3 Å². The summed E-state index contributed by atoms with van der Waals surface area (Å²) < 4.78 is 7.02. The molecule has 1 aromatic heterocycles. The second kappa shape index (κ2) is 8.52. The molecule has 2 rings (SSSR count). The first-order valence-electron chi connectivity index (χ1n) is 7.65. The fourth-order valence-electron chi connectivity index (χ4n) is 2.17. The van der Waals surface area contributed by atoms with Crippen molar-refractivity contribution in [3.63, 3.8) is 0 Å². The van der Waals surface area contributed by atoms with E-state index in [1.54, 1.807) is 31.3 Å². The van der Waals surface area contributed by atoms with Crippen molar-refractivity contribution in [2.75, 3.05) is 18.2 Å². The molecule has 26 heavy (non-hydrogen) atoms. The molecular formula is C17H19N3O5S. The monoisotopic (exact) mass is 377 g/mol. The van der Waals surface area contributed by atoms with E-state index in [0.717, 1.165) is 4.57 Å². The number of aromatic nitrogens is 2. The molecule has 138 valence electrons. The highest BCUT2D eigenvalue weighted by molar-refractivity contribution is 7.99. The third-order valence-electron chi connectivity index (χ3n) is 3.70. The number of carbonyl (C=O) groups excluding carboxylic acids is 2. The van der Waals surface area contributed by atoms with Gasteiger partial charge in [-0.2, -0.15) is 0 Å². The number of thioether (sulfide) groups is 1. The number of nitrogens with zero attached hydrogens (tertiary/aromatic N) is 2. The van der Waals surface area contributed by atoms with E-state index in [9.17, 15) is 19.2 Å². The molecule has 8 nitrogen and oxygen atoms in total. The maximum atomic E-state index is 12.0. The highest BCUT2D eigenvalue weighted by Gasteiger charge is 2.09. The lowest BCUT2D eigenvalue weighted by Gasteiger charge is -2.09. The zero-order chi connectivity index (χ0) is 19.3. The molecule has 1 amide bonds. The van der Waals surface area contributed by atoms with E-state index in [1.165, 1.54) is 36.6 Å². The number of hydrogen-bond acceptors (Lipinski definition) is 6. The summed E-state index contributed by atoms with van der Waals surface area (Å²) in [7, 11) is 4.30. The Bertz CT molecular complexity index is 931. The fourth-order valence-corrected chi connectivity index (χ4v) is 3.02. The summed E-state index contributed by atoms with van der Waals surface area (Å²) in [6.07, 6.45) is 0. The Kier molecular flexibility index (Phi) is 6.40. The van der Waals surface area contributed by atoms with E-state index in [0.29, 0.717) is 22.7 Å². The summed E-state index contributed by atoms with van der Waals surface area (Å²) in [4.78, 5) is 46.9. The van der Waals surface area contributed by atoms with Crippen molar-refractivity contribution in [3.05, 3.63) is 62.4 Å². The number of nitrogens with one attached hydrogen (secondary N) is 1. The Balaban J connectivity index is 1.91. The number of methoxy groups -OCH3 is 1. The first kappa shape index (κ1) is 19.5. The van der Waals surface area contributed by atoms with Gasteiger partial charge in [-0.05, 0) is 24.3 Å². The minimum atomic E-state index is -0.446. The zero-order valence-corrected chi connectivity index (χ0v) is 15.5. The van der Waals surface area contributed by atoms with E-state index in [1.807, 2.05) is 0 Å². The molecule has 0 bridgehead atoms. The van der Waals surface area contributed by atoms with Crippen LogP contribution < -0.4 is 16.6 Å². The number of amides is 1. The van der Waals surface area contributed by atoms with Gasteiger partial charge in [-0.25, -0.2) is 9.59 Å². The summed E-state index contributed by atoms with van der Waals surface area (Å²) in [5.74, 6) is -0.161. The average molecular weight is 377 g/mol. The van der Waals surface area contributed by atoms with Crippen molar-refractivity contribution in [2.45, 2.75) is 5.75 Å². The summed E-state index contributed by atoms with van der Waals surface area (Å²) in [5, 5.41) is 2.71. The Hall–Kier alpha value is -2.81. The maximum Gasteiger partial charge on any atom is 0.337 e. The average Bonchev–Trinajstić information content (AvgIpc) is 2.64. The molecule has 1 N–H and O–H groups in total. The van der Waals surface area contributed by atoms with Gasteiger partial charge in [-0.3, -0.25) is 18.7 Å². The number of esters is 1. The molecular weight excluding hydrogens is 358 g/mol. The SMILES string of the molecule is COC(=O)c1ccc(NC(=O)CSCc2cc(=O)n(C)c(=O)n2C)cc1. The third kappa shape index (κ3) is 4.63. The topological polar surface area (TPSA) is 99.4 Å². The fraction of sp³-hybridized carbons (Fsp3) is 0.294. The van der Waals surface area contributed by atoms with Crippen LogP contribution in [0.4, 0.5) is 5.69 Å². The molecule has 1 heterocycles. The largest absolute Gasteiger partial charge is 0.465 e. The van der Waals surface area contributed by atoms with E-state index in [2.05, 4.69) is 10.1 Å². The molecule has 9 heteroatoms. The van der Waals surface area contributed by atoms with Gasteiger partial charge in [0.25, 0.3) is 5.56 Å². The van der Waals surface area contributed by atoms with Crippen LogP contribution in [0.2, 0.25) is 0 Å². The lowest BCUT2D eigenvalue weighted by molar-refractivity contribution is -0.113. The van der Waals surface area contributed by atoms with Crippen LogP contribution in [0.5, 0.6) is 0 Å². The van der Waals surface area contributed by atoms with Crippen molar-refractivity contribution in [1.82, 2.24) is 9.13 Å². The van der Waals surface area contributed by atoms with Gasteiger partial charge in [0.15, 0.2) is 0 Å². The third-order valence-corrected chi connectivity index (χ3v) is 4.66. The zero-order valence-electron chi connectivity index (χ0n) is 14.6. The molecule has 0 saturated heterocycles. The lowest BCUT2D eigenvalue weighted by atomic mass is 10.2. The van der Waals surface area contributed by atoms with E-state index in [4.69, 9.17) is 0 Å². The molecule has 1 aromatic carbocycles. The van der Waals surface area contributed by atoms with Gasteiger partial charge in [-0.15, -0.1) is 11.8 Å². The standard InChI is InChI=1S/C17H19N3O5S/c1-19-13(8-15(22)20(2)17(19)24)9-26-10-14(21)18-12-6-4-11(5-7-12)16(23)25-3/h4-8H,9-10H2,1-3H3,(H,18,21). The summed E-state index contributed by atoms with van der Waals surface area (Å²) in [6, 6.07) is 7.73. The summed E-state index contributed by atoms with van der Waals surface area (Å²) >= 11 is 1.29. The Labute approximate surface area is 153 Å². The molecule has 0 aliphatic carbocycles. The molecule has 0 atom stereocenters. The quantitative estimate of drug-likeness (QED) is 0.746. The normalized spacial score (nSPS) is 10.4. The molecule has 0 aliphatic heterocycles. The predicted molar refractivity (Wildman–Crippen MR) is 99.5 cm³/mol. The highest BCUT2D eigenvalue weighted by atomic mass is 32.2. The molecule has 0 unspecified atom stereocenters. The van der Waals surface area contributed by atoms with Crippen LogP contribution in [0, 0.1) is 0 Å².